The molecule has 0 radical (unpaired) electrons. The number of fused-ring (bicyclic) bond motifs is 3. The summed E-state index contributed by atoms with van der Waals surface area (Å²) < 4.78 is 21.6. The van der Waals surface area contributed by atoms with Crippen LogP contribution in [0.5, 0.6) is 28.7 Å². The van der Waals surface area contributed by atoms with Gasteiger partial charge in [0.1, 0.15) is 29.4 Å². The second-order valence-corrected chi connectivity index (χ2v) is 6.26. The molecule has 0 aromatic heterocycles. The highest BCUT2D eigenvalue weighted by Crippen LogP contribution is 2.52. The molecular formula is C19H18O6. The van der Waals surface area contributed by atoms with E-state index in [-0.39, 0.29) is 23.7 Å². The molecule has 2 aromatic rings. The van der Waals surface area contributed by atoms with Crippen LogP contribution in [-0.2, 0) is 11.8 Å². The van der Waals surface area contributed by atoms with Crippen molar-refractivity contribution in [2.75, 3.05) is 27.9 Å². The first-order valence-electron chi connectivity index (χ1n) is 7.88. The number of phenolic OH excluding ortho intramolecular Hbond substituents is 1. The van der Waals surface area contributed by atoms with E-state index >= 15 is 0 Å². The van der Waals surface area contributed by atoms with Crippen molar-refractivity contribution >= 4 is 5.78 Å². The minimum Gasteiger partial charge on any atom is -0.507 e. The van der Waals surface area contributed by atoms with Crippen molar-refractivity contribution in [3.05, 3.63) is 41.0 Å². The maximum atomic E-state index is 13.2. The smallest absolute Gasteiger partial charge is 0.184 e. The molecule has 6 heteroatoms. The number of rotatable bonds is 3. The first-order chi connectivity index (χ1) is 12.0. The number of carbonyl (C=O) groups is 1. The van der Waals surface area contributed by atoms with Crippen molar-refractivity contribution in [2.45, 2.75) is 11.8 Å². The van der Waals surface area contributed by atoms with E-state index in [1.54, 1.807) is 20.3 Å². The number of methoxy groups -OCH3 is 3. The molecule has 0 saturated carbocycles. The Labute approximate surface area is 144 Å². The van der Waals surface area contributed by atoms with E-state index in [1.807, 2.05) is 12.1 Å². The molecule has 25 heavy (non-hydrogen) atoms. The predicted octanol–water partition coefficient (Wildman–Crippen LogP) is 2.49. The Balaban J connectivity index is 1.81. The molecule has 0 unspecified atom stereocenters. The molecule has 130 valence electrons. The second-order valence-electron chi connectivity index (χ2n) is 6.26. The van der Waals surface area contributed by atoms with E-state index in [4.69, 9.17) is 18.9 Å². The molecular weight excluding hydrogens is 324 g/mol. The minimum atomic E-state index is -0.798. The standard InChI is InChI=1S/C19H18O6/c1-22-11-5-13(20)17-16(6-11)25-9-19(18(17)21)8-10-4-14(23-2)15(24-3)7-12(10)19/h4-7,20H,8-9H2,1-3H3/t19-/m0/s1. The first-order valence-corrected chi connectivity index (χ1v) is 7.88. The Morgan fingerprint density at radius 2 is 1.76 bits per heavy atom. The van der Waals surface area contributed by atoms with Gasteiger partial charge in [0, 0.05) is 12.1 Å². The van der Waals surface area contributed by atoms with E-state index in [9.17, 15) is 9.90 Å². The zero-order valence-corrected chi connectivity index (χ0v) is 14.2. The van der Waals surface area contributed by atoms with Gasteiger partial charge in [0.2, 0.25) is 0 Å². The van der Waals surface area contributed by atoms with Crippen LogP contribution < -0.4 is 18.9 Å². The van der Waals surface area contributed by atoms with E-state index in [1.165, 1.54) is 13.2 Å². The number of hydrogen-bond donors (Lipinski definition) is 1. The van der Waals surface area contributed by atoms with Gasteiger partial charge < -0.3 is 24.1 Å². The fourth-order valence-corrected chi connectivity index (χ4v) is 3.70. The molecule has 4 rings (SSSR count). The molecule has 0 saturated heterocycles. The summed E-state index contributed by atoms with van der Waals surface area (Å²) in [6.45, 7) is 0.216. The van der Waals surface area contributed by atoms with Gasteiger partial charge in [0.05, 0.1) is 26.7 Å². The van der Waals surface area contributed by atoms with Crippen LogP contribution >= 0.6 is 0 Å². The van der Waals surface area contributed by atoms with Crippen LogP contribution in [0.2, 0.25) is 0 Å². The average Bonchev–Trinajstić information content (AvgIpc) is 2.61. The van der Waals surface area contributed by atoms with Gasteiger partial charge in [-0.15, -0.1) is 0 Å². The Morgan fingerprint density at radius 3 is 2.44 bits per heavy atom. The monoisotopic (exact) mass is 342 g/mol. The SMILES string of the molecule is COc1cc(O)c2c(c1)OC[C@]1(Cc3cc(OC)c(OC)cc31)C2=O. The largest absolute Gasteiger partial charge is 0.507 e. The fraction of sp³-hybridized carbons (Fsp3) is 0.316. The summed E-state index contributed by atoms with van der Waals surface area (Å²) >= 11 is 0. The van der Waals surface area contributed by atoms with Crippen molar-refractivity contribution in [2.24, 2.45) is 0 Å². The number of hydrogen-bond acceptors (Lipinski definition) is 6. The second kappa shape index (κ2) is 5.31. The topological polar surface area (TPSA) is 74.2 Å². The Kier molecular flexibility index (Phi) is 3.32. The van der Waals surface area contributed by atoms with Crippen LogP contribution in [-0.4, -0.2) is 38.8 Å². The predicted molar refractivity (Wildman–Crippen MR) is 89.4 cm³/mol. The van der Waals surface area contributed by atoms with Gasteiger partial charge in [-0.2, -0.15) is 0 Å². The summed E-state index contributed by atoms with van der Waals surface area (Å²) in [4.78, 5) is 13.2. The first kappa shape index (κ1) is 15.6. The van der Waals surface area contributed by atoms with Gasteiger partial charge in [0.15, 0.2) is 17.3 Å². The number of ether oxygens (including phenoxy) is 4. The molecule has 6 nitrogen and oxygen atoms in total. The quantitative estimate of drug-likeness (QED) is 0.924. The van der Waals surface area contributed by atoms with Gasteiger partial charge in [-0.25, -0.2) is 0 Å². The van der Waals surface area contributed by atoms with Crippen molar-refractivity contribution in [1.82, 2.24) is 0 Å². The van der Waals surface area contributed by atoms with Crippen LogP contribution in [0.3, 0.4) is 0 Å². The lowest BCUT2D eigenvalue weighted by atomic mass is 9.60. The number of benzene rings is 2. The van der Waals surface area contributed by atoms with E-state index in [2.05, 4.69) is 0 Å². The van der Waals surface area contributed by atoms with Gasteiger partial charge in [-0.1, -0.05) is 0 Å². The van der Waals surface area contributed by atoms with E-state index < -0.39 is 5.41 Å². The Hall–Kier alpha value is -2.89. The van der Waals surface area contributed by atoms with Gasteiger partial charge in [-0.05, 0) is 29.7 Å². The molecule has 1 aliphatic heterocycles. The highest BCUT2D eigenvalue weighted by molar-refractivity contribution is 6.11. The highest BCUT2D eigenvalue weighted by atomic mass is 16.5. The Morgan fingerprint density at radius 1 is 1.04 bits per heavy atom. The molecule has 0 fully saturated rings. The summed E-state index contributed by atoms with van der Waals surface area (Å²) in [5.41, 5.74) is 1.28. The molecule has 0 bridgehead atoms. The zero-order valence-electron chi connectivity index (χ0n) is 14.2. The molecule has 1 spiro atoms. The van der Waals surface area contributed by atoms with Crippen molar-refractivity contribution in [3.63, 3.8) is 0 Å². The lowest BCUT2D eigenvalue weighted by Gasteiger charge is -2.45. The average molecular weight is 342 g/mol. The third-order valence-electron chi connectivity index (χ3n) is 5.04. The van der Waals surface area contributed by atoms with Crippen LogP contribution in [0, 0.1) is 0 Å². The summed E-state index contributed by atoms with van der Waals surface area (Å²) in [7, 11) is 4.63. The minimum absolute atomic E-state index is 0.132. The maximum Gasteiger partial charge on any atom is 0.184 e. The molecule has 2 aliphatic rings. The van der Waals surface area contributed by atoms with Crippen molar-refractivity contribution < 1.29 is 28.8 Å². The number of aromatic hydroxyl groups is 1. The van der Waals surface area contributed by atoms with Crippen LogP contribution in [0.15, 0.2) is 24.3 Å². The summed E-state index contributed by atoms with van der Waals surface area (Å²) in [6, 6.07) is 6.75. The number of phenols is 1. The number of Topliss-reactive ketones (excluding diaryl/α,β-unsaturated/α-hetero) is 1. The Bertz CT molecular complexity index is 888. The molecule has 1 N–H and O–H groups in total. The molecule has 1 heterocycles. The maximum absolute atomic E-state index is 13.2. The van der Waals surface area contributed by atoms with E-state index in [0.717, 1.165) is 11.1 Å². The summed E-state index contributed by atoms with van der Waals surface area (Å²) in [5.74, 6) is 1.72. The molecule has 0 amide bonds. The summed E-state index contributed by atoms with van der Waals surface area (Å²) in [6.07, 6.45) is 0.534. The summed E-state index contributed by atoms with van der Waals surface area (Å²) in [5, 5.41) is 10.3. The molecule has 1 aliphatic carbocycles. The molecule has 2 aromatic carbocycles. The third kappa shape index (κ3) is 2.00. The van der Waals surface area contributed by atoms with Crippen LogP contribution in [0.4, 0.5) is 0 Å². The lowest BCUT2D eigenvalue weighted by Crippen LogP contribution is -2.52. The highest BCUT2D eigenvalue weighted by Gasteiger charge is 2.54. The van der Waals surface area contributed by atoms with Gasteiger partial charge in [0.25, 0.3) is 0 Å². The van der Waals surface area contributed by atoms with E-state index in [0.29, 0.717) is 29.4 Å². The third-order valence-corrected chi connectivity index (χ3v) is 5.04. The zero-order chi connectivity index (χ0) is 17.8. The normalized spacial score (nSPS) is 20.2. The van der Waals surface area contributed by atoms with Gasteiger partial charge in [-0.3, -0.25) is 4.79 Å². The molecule has 1 atom stereocenters. The fourth-order valence-electron chi connectivity index (χ4n) is 3.70. The van der Waals surface area contributed by atoms with Crippen LogP contribution in [0.25, 0.3) is 0 Å². The number of carbonyl (C=O) groups excluding carboxylic acids is 1. The number of ketones is 1. The van der Waals surface area contributed by atoms with Gasteiger partial charge >= 0.3 is 0 Å². The van der Waals surface area contributed by atoms with Crippen LogP contribution in [0.1, 0.15) is 21.5 Å². The van der Waals surface area contributed by atoms with Crippen molar-refractivity contribution in [3.8, 4) is 28.7 Å². The lowest BCUT2D eigenvalue weighted by molar-refractivity contribution is 0.0723. The van der Waals surface area contributed by atoms with Crippen molar-refractivity contribution in [1.29, 1.82) is 0 Å².